The maximum absolute atomic E-state index is 12.4. The third-order valence-electron chi connectivity index (χ3n) is 3.12. The number of anilines is 2. The normalized spacial score (nSPS) is 10.5. The van der Waals surface area contributed by atoms with E-state index in [0.717, 1.165) is 16.9 Å². The van der Waals surface area contributed by atoms with E-state index < -0.39 is 0 Å². The summed E-state index contributed by atoms with van der Waals surface area (Å²) in [5.74, 6) is 5.88. The second-order valence-electron chi connectivity index (χ2n) is 5.11. The van der Waals surface area contributed by atoms with Crippen LogP contribution in [0.15, 0.2) is 30.6 Å². The third kappa shape index (κ3) is 3.55. The van der Waals surface area contributed by atoms with Crippen molar-refractivity contribution in [2.75, 3.05) is 10.7 Å². The fourth-order valence-corrected chi connectivity index (χ4v) is 1.86. The average molecular weight is 285 g/mol. The molecule has 1 amide bonds. The lowest BCUT2D eigenvalue weighted by Gasteiger charge is -2.12. The Bertz CT molecular complexity index is 654. The predicted molar refractivity (Wildman–Crippen MR) is 83.1 cm³/mol. The molecule has 6 nitrogen and oxygen atoms in total. The molecule has 0 aliphatic carbocycles. The van der Waals surface area contributed by atoms with Crippen LogP contribution in [0.4, 0.5) is 11.5 Å². The first-order valence-corrected chi connectivity index (χ1v) is 6.72. The summed E-state index contributed by atoms with van der Waals surface area (Å²) in [6.45, 7) is 5.91. The van der Waals surface area contributed by atoms with Gasteiger partial charge in [0.1, 0.15) is 5.82 Å². The lowest BCUT2D eigenvalue weighted by molar-refractivity contribution is 0.102. The molecule has 0 saturated heterocycles. The monoisotopic (exact) mass is 285 g/mol. The van der Waals surface area contributed by atoms with Crippen LogP contribution in [0.25, 0.3) is 0 Å². The van der Waals surface area contributed by atoms with Crippen molar-refractivity contribution in [1.82, 2.24) is 9.97 Å². The molecule has 0 bridgehead atoms. The predicted octanol–water partition coefficient (Wildman–Crippen LogP) is 2.45. The van der Waals surface area contributed by atoms with E-state index in [1.807, 2.05) is 20.8 Å². The Kier molecular flexibility index (Phi) is 4.49. The molecule has 0 saturated carbocycles. The molecule has 0 spiro atoms. The number of nitrogens with two attached hydrogens (primary N) is 1. The van der Waals surface area contributed by atoms with Crippen molar-refractivity contribution >= 4 is 17.4 Å². The Hall–Kier alpha value is -2.47. The van der Waals surface area contributed by atoms with E-state index in [0.29, 0.717) is 11.4 Å². The molecule has 0 atom stereocenters. The van der Waals surface area contributed by atoms with Gasteiger partial charge in [0.05, 0.1) is 0 Å². The van der Waals surface area contributed by atoms with Gasteiger partial charge >= 0.3 is 0 Å². The molecular formula is C15H19N5O. The van der Waals surface area contributed by atoms with Crippen molar-refractivity contribution in [3.63, 3.8) is 0 Å². The Morgan fingerprint density at radius 1 is 1.33 bits per heavy atom. The maximum Gasteiger partial charge on any atom is 0.255 e. The zero-order valence-electron chi connectivity index (χ0n) is 12.3. The van der Waals surface area contributed by atoms with Crippen molar-refractivity contribution in [3.05, 3.63) is 47.4 Å². The molecule has 2 aromatic rings. The van der Waals surface area contributed by atoms with Gasteiger partial charge in [-0.3, -0.25) is 9.78 Å². The summed E-state index contributed by atoms with van der Waals surface area (Å²) < 4.78 is 0. The Balaban J connectivity index is 2.30. The molecule has 0 aromatic carbocycles. The van der Waals surface area contributed by atoms with Gasteiger partial charge in [-0.15, -0.1) is 0 Å². The number of carbonyl (C=O) groups excluding carboxylic acids is 1. The molecule has 0 radical (unpaired) electrons. The smallest absolute Gasteiger partial charge is 0.255 e. The molecule has 4 N–H and O–H groups in total. The van der Waals surface area contributed by atoms with Crippen molar-refractivity contribution in [3.8, 4) is 0 Å². The summed E-state index contributed by atoms with van der Waals surface area (Å²) in [6, 6.07) is 5.16. The second-order valence-corrected chi connectivity index (χ2v) is 5.11. The Morgan fingerprint density at radius 3 is 2.71 bits per heavy atom. The number of aryl methyl sites for hydroxylation is 1. The largest absolute Gasteiger partial charge is 0.322 e. The summed E-state index contributed by atoms with van der Waals surface area (Å²) in [4.78, 5) is 20.7. The van der Waals surface area contributed by atoms with Crippen molar-refractivity contribution < 1.29 is 4.79 Å². The number of hydrogen-bond acceptors (Lipinski definition) is 5. The van der Waals surface area contributed by atoms with E-state index in [4.69, 9.17) is 5.84 Å². The van der Waals surface area contributed by atoms with Gasteiger partial charge in [-0.2, -0.15) is 0 Å². The summed E-state index contributed by atoms with van der Waals surface area (Å²) in [5.41, 5.74) is 5.45. The first-order valence-electron chi connectivity index (χ1n) is 6.72. The van der Waals surface area contributed by atoms with Crippen LogP contribution in [-0.2, 0) is 0 Å². The number of hydrazine groups is 1. The van der Waals surface area contributed by atoms with Gasteiger partial charge in [-0.25, -0.2) is 10.8 Å². The summed E-state index contributed by atoms with van der Waals surface area (Å²) in [6.07, 6.45) is 3.34. The number of amides is 1. The number of pyridine rings is 2. The van der Waals surface area contributed by atoms with Crippen molar-refractivity contribution in [2.24, 2.45) is 5.84 Å². The lowest BCUT2D eigenvalue weighted by Crippen LogP contribution is -2.16. The minimum Gasteiger partial charge on any atom is -0.322 e. The molecule has 0 unspecified atom stereocenters. The van der Waals surface area contributed by atoms with E-state index >= 15 is 0 Å². The molecule has 0 aliphatic rings. The first-order chi connectivity index (χ1) is 10.0. The second kappa shape index (κ2) is 6.32. The van der Waals surface area contributed by atoms with E-state index in [2.05, 4.69) is 20.7 Å². The number of aromatic nitrogens is 2. The number of nitrogens with one attached hydrogen (secondary N) is 2. The van der Waals surface area contributed by atoms with Crippen LogP contribution in [0.5, 0.6) is 0 Å². The highest BCUT2D eigenvalue weighted by Crippen LogP contribution is 2.19. The van der Waals surface area contributed by atoms with Crippen LogP contribution in [0.3, 0.4) is 0 Å². The van der Waals surface area contributed by atoms with Crippen molar-refractivity contribution in [1.29, 1.82) is 0 Å². The van der Waals surface area contributed by atoms with E-state index in [1.165, 1.54) is 0 Å². The molecule has 21 heavy (non-hydrogen) atoms. The summed E-state index contributed by atoms with van der Waals surface area (Å²) in [5, 5.41) is 2.87. The highest BCUT2D eigenvalue weighted by atomic mass is 16.1. The number of nitrogens with zero attached hydrogens (tertiary/aromatic N) is 2. The van der Waals surface area contributed by atoms with Gasteiger partial charge in [0.25, 0.3) is 5.91 Å². The van der Waals surface area contributed by atoms with Gasteiger partial charge in [-0.05, 0) is 36.6 Å². The van der Waals surface area contributed by atoms with Crippen molar-refractivity contribution in [2.45, 2.75) is 26.7 Å². The molecule has 6 heteroatoms. The van der Waals surface area contributed by atoms with Gasteiger partial charge in [0.15, 0.2) is 0 Å². The summed E-state index contributed by atoms with van der Waals surface area (Å²) in [7, 11) is 0. The average Bonchev–Trinajstić information content (AvgIpc) is 2.49. The van der Waals surface area contributed by atoms with E-state index in [-0.39, 0.29) is 11.8 Å². The minimum absolute atomic E-state index is 0.201. The van der Waals surface area contributed by atoms with Gasteiger partial charge in [0, 0.05) is 29.3 Å². The SMILES string of the molecule is Cc1cnccc1NC(=O)c1cc(NN)nc(C(C)C)c1. The highest BCUT2D eigenvalue weighted by molar-refractivity contribution is 6.05. The highest BCUT2D eigenvalue weighted by Gasteiger charge is 2.12. The molecule has 2 heterocycles. The minimum atomic E-state index is -0.204. The van der Waals surface area contributed by atoms with Crippen LogP contribution in [0.1, 0.15) is 41.4 Å². The standard InChI is InChI=1S/C15H19N5O/c1-9(2)13-6-11(7-14(18-13)20-16)15(21)19-12-4-5-17-8-10(12)3/h4-9H,16H2,1-3H3,(H,18,20)(H,17,19,21). The molecule has 2 aromatic heterocycles. The zero-order chi connectivity index (χ0) is 15.4. The number of hydrogen-bond donors (Lipinski definition) is 3. The molecular weight excluding hydrogens is 266 g/mol. The topological polar surface area (TPSA) is 92.9 Å². The molecule has 0 fully saturated rings. The molecule has 0 aliphatic heterocycles. The molecule has 110 valence electrons. The maximum atomic E-state index is 12.4. The summed E-state index contributed by atoms with van der Waals surface area (Å²) >= 11 is 0. The van der Waals surface area contributed by atoms with Gasteiger partial charge in [0.2, 0.25) is 0 Å². The van der Waals surface area contributed by atoms with Crippen LogP contribution in [-0.4, -0.2) is 15.9 Å². The van der Waals surface area contributed by atoms with Crippen LogP contribution in [0, 0.1) is 6.92 Å². The first kappa shape index (κ1) is 14.9. The fraction of sp³-hybridized carbons (Fsp3) is 0.267. The number of rotatable bonds is 4. The van der Waals surface area contributed by atoms with E-state index in [1.54, 1.807) is 30.6 Å². The fourth-order valence-electron chi connectivity index (χ4n) is 1.86. The Morgan fingerprint density at radius 2 is 2.10 bits per heavy atom. The Labute approximate surface area is 123 Å². The van der Waals surface area contributed by atoms with E-state index in [9.17, 15) is 4.79 Å². The zero-order valence-corrected chi connectivity index (χ0v) is 12.3. The van der Waals surface area contributed by atoms with Gasteiger partial charge in [-0.1, -0.05) is 13.8 Å². The van der Waals surface area contributed by atoms with Crippen LogP contribution >= 0.6 is 0 Å². The molecule has 2 rings (SSSR count). The quantitative estimate of drug-likeness (QED) is 0.592. The van der Waals surface area contributed by atoms with Gasteiger partial charge < -0.3 is 10.7 Å². The lowest BCUT2D eigenvalue weighted by atomic mass is 10.1. The third-order valence-corrected chi connectivity index (χ3v) is 3.12. The number of carbonyl (C=O) groups is 1. The number of nitrogen functional groups attached to an aromatic ring is 1. The van der Waals surface area contributed by atoms with Crippen LogP contribution < -0.4 is 16.6 Å². The van der Waals surface area contributed by atoms with Crippen LogP contribution in [0.2, 0.25) is 0 Å².